The molecule has 3 heteroatoms. The Kier molecular flexibility index (Phi) is 1.72. The third-order valence-electron chi connectivity index (χ3n) is 2.57. The first-order valence-corrected chi connectivity index (χ1v) is 4.80. The Labute approximate surface area is 90.5 Å². The van der Waals surface area contributed by atoms with Crippen LogP contribution in [0.4, 0.5) is 4.39 Å². The Balaban J connectivity index is 2.56. The van der Waals surface area contributed by atoms with Crippen LogP contribution in [-0.2, 0) is 0 Å². The molecule has 0 spiro atoms. The number of halogens is 1. The molecule has 0 aliphatic rings. The molecule has 3 rings (SSSR count). The average molecular weight is 211 g/mol. The largest absolute Gasteiger partial charge is 0.456 e. The number of benzene rings is 2. The summed E-state index contributed by atoms with van der Waals surface area (Å²) in [5.74, 6) is -0.327. The standard InChI is InChI=1S/C13H6FNO/c14-10-2-1-3-12-13(10)9-6-8(7-15)4-5-11(9)16-12/h1-6H. The number of hydrogen-bond donors (Lipinski definition) is 0. The van der Waals surface area contributed by atoms with Crippen LogP contribution < -0.4 is 0 Å². The summed E-state index contributed by atoms with van der Waals surface area (Å²) in [4.78, 5) is 0. The minimum absolute atomic E-state index is 0.327. The number of hydrogen-bond acceptors (Lipinski definition) is 2. The third-order valence-corrected chi connectivity index (χ3v) is 2.57. The van der Waals surface area contributed by atoms with Crippen LogP contribution in [-0.4, -0.2) is 0 Å². The van der Waals surface area contributed by atoms with Crippen molar-refractivity contribution in [3.63, 3.8) is 0 Å². The van der Waals surface area contributed by atoms with E-state index in [-0.39, 0.29) is 5.82 Å². The van der Waals surface area contributed by atoms with Crippen molar-refractivity contribution in [1.29, 1.82) is 5.26 Å². The van der Waals surface area contributed by atoms with Crippen molar-refractivity contribution in [2.75, 3.05) is 0 Å². The molecule has 0 saturated heterocycles. The van der Waals surface area contributed by atoms with Gasteiger partial charge >= 0.3 is 0 Å². The van der Waals surface area contributed by atoms with E-state index in [0.29, 0.717) is 27.5 Å². The molecule has 2 aromatic carbocycles. The van der Waals surface area contributed by atoms with Crippen molar-refractivity contribution < 1.29 is 8.81 Å². The second-order valence-corrected chi connectivity index (χ2v) is 3.54. The van der Waals surface area contributed by atoms with Gasteiger partial charge in [0, 0.05) is 5.39 Å². The Bertz CT molecular complexity index is 737. The average Bonchev–Trinajstić information content (AvgIpc) is 2.67. The second kappa shape index (κ2) is 3.07. The van der Waals surface area contributed by atoms with Gasteiger partial charge in [-0.15, -0.1) is 0 Å². The Morgan fingerprint density at radius 1 is 1.12 bits per heavy atom. The SMILES string of the molecule is N#Cc1ccc2oc3cccc(F)c3c2c1. The van der Waals surface area contributed by atoms with Crippen molar-refractivity contribution in [1.82, 2.24) is 0 Å². The highest BCUT2D eigenvalue weighted by Crippen LogP contribution is 2.30. The van der Waals surface area contributed by atoms with Gasteiger partial charge in [0.25, 0.3) is 0 Å². The normalized spacial score (nSPS) is 10.8. The van der Waals surface area contributed by atoms with E-state index in [2.05, 4.69) is 0 Å². The van der Waals surface area contributed by atoms with E-state index in [1.54, 1.807) is 30.3 Å². The lowest BCUT2D eigenvalue weighted by Gasteiger charge is -1.91. The summed E-state index contributed by atoms with van der Waals surface area (Å²) in [5.41, 5.74) is 1.60. The van der Waals surface area contributed by atoms with Gasteiger partial charge in [0.05, 0.1) is 17.0 Å². The summed E-state index contributed by atoms with van der Waals surface area (Å²) >= 11 is 0. The molecule has 0 unspecified atom stereocenters. The van der Waals surface area contributed by atoms with E-state index in [0.717, 1.165) is 0 Å². The minimum atomic E-state index is -0.327. The fourth-order valence-corrected chi connectivity index (χ4v) is 1.85. The predicted octanol–water partition coefficient (Wildman–Crippen LogP) is 3.60. The number of rotatable bonds is 0. The molecule has 1 aromatic heterocycles. The van der Waals surface area contributed by atoms with Crippen LogP contribution >= 0.6 is 0 Å². The van der Waals surface area contributed by atoms with Gasteiger partial charge in [0.15, 0.2) is 0 Å². The molecule has 76 valence electrons. The first kappa shape index (κ1) is 8.93. The van der Waals surface area contributed by atoms with Gasteiger partial charge in [-0.25, -0.2) is 4.39 Å². The molecule has 1 heterocycles. The zero-order valence-corrected chi connectivity index (χ0v) is 8.20. The molecule has 0 aliphatic heterocycles. The first-order valence-electron chi connectivity index (χ1n) is 4.80. The lowest BCUT2D eigenvalue weighted by Crippen LogP contribution is -1.76. The summed E-state index contributed by atoms with van der Waals surface area (Å²) in [6, 6.07) is 11.7. The number of furan rings is 1. The van der Waals surface area contributed by atoms with Crippen LogP contribution in [0.1, 0.15) is 5.56 Å². The van der Waals surface area contributed by atoms with Gasteiger partial charge < -0.3 is 4.42 Å². The lowest BCUT2D eigenvalue weighted by molar-refractivity contribution is 0.634. The molecule has 2 nitrogen and oxygen atoms in total. The van der Waals surface area contributed by atoms with Crippen molar-refractivity contribution in [3.05, 3.63) is 47.8 Å². The zero-order valence-electron chi connectivity index (χ0n) is 8.20. The maximum Gasteiger partial charge on any atom is 0.138 e. The molecule has 0 radical (unpaired) electrons. The zero-order chi connectivity index (χ0) is 11.1. The maximum absolute atomic E-state index is 13.6. The fraction of sp³-hybridized carbons (Fsp3) is 0. The van der Waals surface area contributed by atoms with E-state index in [9.17, 15) is 4.39 Å². The van der Waals surface area contributed by atoms with Gasteiger partial charge in [0.2, 0.25) is 0 Å². The summed E-state index contributed by atoms with van der Waals surface area (Å²) < 4.78 is 19.1. The molecular formula is C13H6FNO. The first-order chi connectivity index (χ1) is 7.79. The molecule has 0 amide bonds. The van der Waals surface area contributed by atoms with Crippen LogP contribution in [0.25, 0.3) is 21.9 Å². The van der Waals surface area contributed by atoms with E-state index in [4.69, 9.17) is 9.68 Å². The Morgan fingerprint density at radius 2 is 2.00 bits per heavy atom. The minimum Gasteiger partial charge on any atom is -0.456 e. The Hall–Kier alpha value is -2.34. The van der Waals surface area contributed by atoms with Crippen LogP contribution in [0.5, 0.6) is 0 Å². The van der Waals surface area contributed by atoms with Crippen LogP contribution in [0.2, 0.25) is 0 Å². The maximum atomic E-state index is 13.6. The predicted molar refractivity (Wildman–Crippen MR) is 58.4 cm³/mol. The van der Waals surface area contributed by atoms with Crippen molar-refractivity contribution in [3.8, 4) is 6.07 Å². The van der Waals surface area contributed by atoms with Gasteiger partial charge in [-0.3, -0.25) is 0 Å². The van der Waals surface area contributed by atoms with Gasteiger partial charge in [0.1, 0.15) is 17.0 Å². The molecule has 0 saturated carbocycles. The van der Waals surface area contributed by atoms with Crippen molar-refractivity contribution in [2.24, 2.45) is 0 Å². The van der Waals surface area contributed by atoms with E-state index in [1.807, 2.05) is 6.07 Å². The molecule has 16 heavy (non-hydrogen) atoms. The number of fused-ring (bicyclic) bond motifs is 3. The summed E-state index contributed by atoms with van der Waals surface area (Å²) in [5, 5.41) is 9.89. The lowest BCUT2D eigenvalue weighted by atomic mass is 10.1. The third kappa shape index (κ3) is 1.10. The summed E-state index contributed by atoms with van der Waals surface area (Å²) in [6.45, 7) is 0. The summed E-state index contributed by atoms with van der Waals surface area (Å²) in [6.07, 6.45) is 0. The summed E-state index contributed by atoms with van der Waals surface area (Å²) in [7, 11) is 0. The highest BCUT2D eigenvalue weighted by molar-refractivity contribution is 6.05. The fourth-order valence-electron chi connectivity index (χ4n) is 1.85. The molecule has 0 aliphatic carbocycles. The van der Waals surface area contributed by atoms with E-state index in [1.165, 1.54) is 6.07 Å². The van der Waals surface area contributed by atoms with Crippen LogP contribution in [0, 0.1) is 17.1 Å². The highest BCUT2D eigenvalue weighted by atomic mass is 19.1. The molecule has 3 aromatic rings. The van der Waals surface area contributed by atoms with Gasteiger partial charge in [-0.2, -0.15) is 5.26 Å². The van der Waals surface area contributed by atoms with Gasteiger partial charge in [-0.05, 0) is 30.3 Å². The van der Waals surface area contributed by atoms with E-state index < -0.39 is 0 Å². The number of nitriles is 1. The van der Waals surface area contributed by atoms with Crippen LogP contribution in [0.15, 0.2) is 40.8 Å². The molecule has 0 atom stereocenters. The van der Waals surface area contributed by atoms with Gasteiger partial charge in [-0.1, -0.05) is 6.07 Å². The molecule has 0 N–H and O–H groups in total. The molecule has 0 fully saturated rings. The van der Waals surface area contributed by atoms with Crippen molar-refractivity contribution in [2.45, 2.75) is 0 Å². The van der Waals surface area contributed by atoms with E-state index >= 15 is 0 Å². The quantitative estimate of drug-likeness (QED) is 0.569. The van der Waals surface area contributed by atoms with Crippen LogP contribution in [0.3, 0.4) is 0 Å². The second-order valence-electron chi connectivity index (χ2n) is 3.54. The highest BCUT2D eigenvalue weighted by Gasteiger charge is 2.10. The monoisotopic (exact) mass is 211 g/mol. The smallest absolute Gasteiger partial charge is 0.138 e. The molecular weight excluding hydrogens is 205 g/mol. The van der Waals surface area contributed by atoms with Crippen molar-refractivity contribution >= 4 is 21.9 Å². The Morgan fingerprint density at radius 3 is 2.81 bits per heavy atom. The molecule has 0 bridgehead atoms. The topological polar surface area (TPSA) is 36.9 Å². The number of nitrogens with zero attached hydrogens (tertiary/aromatic N) is 1.